The summed E-state index contributed by atoms with van der Waals surface area (Å²) < 4.78 is 0. The van der Waals surface area contributed by atoms with Crippen LogP contribution in [0.5, 0.6) is 0 Å². The van der Waals surface area contributed by atoms with Gasteiger partial charge >= 0.3 is 0 Å². The smallest absolute Gasteiger partial charge is 0.300 e. The summed E-state index contributed by atoms with van der Waals surface area (Å²) in [5, 5.41) is 10.1. The van der Waals surface area contributed by atoms with E-state index >= 15 is 0 Å². The van der Waals surface area contributed by atoms with Crippen molar-refractivity contribution in [1.29, 1.82) is 0 Å². The van der Waals surface area contributed by atoms with E-state index < -0.39 is 5.97 Å². The molecule has 0 heterocycles. The molecule has 2 aromatic rings. The largest absolute Gasteiger partial charge is 0.481 e. The van der Waals surface area contributed by atoms with Crippen molar-refractivity contribution < 1.29 is 9.90 Å². The van der Waals surface area contributed by atoms with Crippen LogP contribution in [0, 0.1) is 0 Å². The van der Waals surface area contributed by atoms with Crippen molar-refractivity contribution in [3.8, 4) is 0 Å². The predicted molar refractivity (Wildman–Crippen MR) is 69.0 cm³/mol. The lowest BCUT2D eigenvalue weighted by Crippen LogP contribution is -1.78. The van der Waals surface area contributed by atoms with Crippen LogP contribution in [-0.2, 0) is 4.79 Å². The van der Waals surface area contributed by atoms with Crippen molar-refractivity contribution in [3.63, 3.8) is 0 Å². The molecular weight excluding hydrogens is 220 g/mol. The summed E-state index contributed by atoms with van der Waals surface area (Å²) in [7, 11) is 0. The lowest BCUT2D eigenvalue weighted by molar-refractivity contribution is -0.134. The molecule has 3 heteroatoms. The first-order valence-corrected chi connectivity index (χ1v) is 6.09. The van der Waals surface area contributed by atoms with Gasteiger partial charge in [-0.05, 0) is 23.1 Å². The highest BCUT2D eigenvalue weighted by atomic mass is 32.2. The van der Waals surface area contributed by atoms with Gasteiger partial charge in [-0.1, -0.05) is 36.4 Å². The number of carbonyl (C=O) groups is 1. The maximum atomic E-state index is 9.00. The zero-order valence-corrected chi connectivity index (χ0v) is 10.1. The Bertz CT molecular complexity index is 471. The predicted octanol–water partition coefficient (Wildman–Crippen LogP) is 3.65. The quantitative estimate of drug-likeness (QED) is 0.765. The maximum absolute atomic E-state index is 9.00. The molecule has 0 aromatic heterocycles. The Morgan fingerprint density at radius 1 is 1.12 bits per heavy atom. The Labute approximate surface area is 99.3 Å². The van der Waals surface area contributed by atoms with Crippen LogP contribution in [0.4, 0.5) is 0 Å². The molecule has 16 heavy (non-hydrogen) atoms. The second-order valence-corrected chi connectivity index (χ2v) is 4.05. The number of rotatable bonds is 1. The molecule has 0 spiro atoms. The average Bonchev–Trinajstić information content (AvgIpc) is 2.27. The first-order valence-electron chi connectivity index (χ1n) is 4.86. The Kier molecular flexibility index (Phi) is 4.86. The van der Waals surface area contributed by atoms with Gasteiger partial charge in [-0.2, -0.15) is 0 Å². The van der Waals surface area contributed by atoms with Gasteiger partial charge in [0.05, 0.1) is 0 Å². The van der Waals surface area contributed by atoms with E-state index in [0.717, 1.165) is 6.92 Å². The Balaban J connectivity index is 0.000000280. The minimum absolute atomic E-state index is 0.833. The molecule has 0 fully saturated rings. The molecule has 0 saturated carbocycles. The lowest BCUT2D eigenvalue weighted by atomic mass is 10.1. The second-order valence-electron chi connectivity index (χ2n) is 3.20. The molecule has 0 bridgehead atoms. The second kappa shape index (κ2) is 6.18. The van der Waals surface area contributed by atoms with Gasteiger partial charge in [0.15, 0.2) is 0 Å². The van der Waals surface area contributed by atoms with E-state index in [4.69, 9.17) is 9.90 Å². The van der Waals surface area contributed by atoms with Gasteiger partial charge in [0, 0.05) is 11.8 Å². The molecule has 0 amide bonds. The van der Waals surface area contributed by atoms with E-state index in [0.29, 0.717) is 0 Å². The van der Waals surface area contributed by atoms with Crippen LogP contribution in [0.1, 0.15) is 6.92 Å². The third kappa shape index (κ3) is 3.59. The molecule has 2 rings (SSSR count). The van der Waals surface area contributed by atoms with Crippen LogP contribution in [0.3, 0.4) is 0 Å². The average molecular weight is 234 g/mol. The van der Waals surface area contributed by atoms with Gasteiger partial charge < -0.3 is 5.11 Å². The summed E-state index contributed by atoms with van der Waals surface area (Å²) in [4.78, 5) is 10.4. The molecule has 0 atom stereocenters. The summed E-state index contributed by atoms with van der Waals surface area (Å²) in [5.41, 5.74) is 0. The van der Waals surface area contributed by atoms with Crippen LogP contribution < -0.4 is 0 Å². The Morgan fingerprint density at radius 2 is 1.69 bits per heavy atom. The Hall–Kier alpha value is -1.48. The molecule has 0 saturated heterocycles. The van der Waals surface area contributed by atoms with Gasteiger partial charge in [-0.3, -0.25) is 4.79 Å². The minimum atomic E-state index is -0.833. The van der Waals surface area contributed by atoms with Crippen LogP contribution in [0.15, 0.2) is 47.4 Å². The van der Waals surface area contributed by atoms with Crippen LogP contribution >= 0.6 is 11.8 Å². The molecule has 2 nitrogen and oxygen atoms in total. The van der Waals surface area contributed by atoms with Gasteiger partial charge in [-0.25, -0.2) is 0 Å². The van der Waals surface area contributed by atoms with E-state index in [2.05, 4.69) is 48.7 Å². The zero-order valence-electron chi connectivity index (χ0n) is 9.31. The van der Waals surface area contributed by atoms with Crippen molar-refractivity contribution in [2.75, 3.05) is 6.26 Å². The number of carboxylic acid groups (broad SMARTS) is 1. The summed E-state index contributed by atoms with van der Waals surface area (Å²) in [6.45, 7) is 1.08. The van der Waals surface area contributed by atoms with Gasteiger partial charge in [0.2, 0.25) is 0 Å². The van der Waals surface area contributed by atoms with E-state index in [1.54, 1.807) is 11.8 Å². The molecule has 0 aliphatic carbocycles. The minimum Gasteiger partial charge on any atom is -0.481 e. The topological polar surface area (TPSA) is 37.3 Å². The number of hydrogen-bond donors (Lipinski definition) is 1. The van der Waals surface area contributed by atoms with E-state index in [-0.39, 0.29) is 0 Å². The number of hydrogen-bond acceptors (Lipinski definition) is 2. The van der Waals surface area contributed by atoms with Crippen molar-refractivity contribution in [2.24, 2.45) is 0 Å². The highest BCUT2D eigenvalue weighted by Crippen LogP contribution is 2.25. The first kappa shape index (κ1) is 12.6. The number of benzene rings is 2. The molecular formula is C13H14O2S. The molecule has 84 valence electrons. The van der Waals surface area contributed by atoms with Crippen molar-refractivity contribution in [2.45, 2.75) is 11.8 Å². The molecule has 2 aromatic carbocycles. The van der Waals surface area contributed by atoms with Crippen molar-refractivity contribution in [1.82, 2.24) is 0 Å². The third-order valence-corrected chi connectivity index (χ3v) is 2.77. The number of carboxylic acids is 1. The fourth-order valence-electron chi connectivity index (χ4n) is 1.37. The molecule has 0 unspecified atom stereocenters. The molecule has 1 N–H and O–H groups in total. The molecule has 0 radical (unpaired) electrons. The number of thioether (sulfide) groups is 1. The lowest BCUT2D eigenvalue weighted by Gasteiger charge is -2.01. The van der Waals surface area contributed by atoms with Gasteiger partial charge in [0.1, 0.15) is 0 Å². The van der Waals surface area contributed by atoms with Crippen molar-refractivity contribution >= 4 is 28.5 Å². The van der Waals surface area contributed by atoms with Gasteiger partial charge in [0.25, 0.3) is 5.97 Å². The number of fused-ring (bicyclic) bond motifs is 1. The number of aliphatic carboxylic acids is 1. The van der Waals surface area contributed by atoms with E-state index in [1.165, 1.54) is 15.7 Å². The fourth-order valence-corrected chi connectivity index (χ4v) is 1.99. The molecule has 0 aliphatic heterocycles. The maximum Gasteiger partial charge on any atom is 0.300 e. The SMILES string of the molecule is CC(=O)O.CSc1cccc2ccccc12. The summed E-state index contributed by atoms with van der Waals surface area (Å²) in [6, 6.07) is 14.9. The van der Waals surface area contributed by atoms with Gasteiger partial charge in [-0.15, -0.1) is 11.8 Å². The Morgan fingerprint density at radius 3 is 2.31 bits per heavy atom. The first-order chi connectivity index (χ1) is 7.65. The standard InChI is InChI=1S/C11H10S.C2H4O2/c1-12-11-8-4-6-9-5-2-3-7-10(9)11;1-2(3)4/h2-8H,1H3;1H3,(H,3,4). The highest BCUT2D eigenvalue weighted by Gasteiger charge is 1.96. The van der Waals surface area contributed by atoms with Crippen LogP contribution in [-0.4, -0.2) is 17.3 Å². The van der Waals surface area contributed by atoms with Crippen LogP contribution in [0.25, 0.3) is 10.8 Å². The summed E-state index contributed by atoms with van der Waals surface area (Å²) in [5.74, 6) is -0.833. The summed E-state index contributed by atoms with van der Waals surface area (Å²) in [6.07, 6.45) is 2.11. The highest BCUT2D eigenvalue weighted by molar-refractivity contribution is 7.98. The summed E-state index contributed by atoms with van der Waals surface area (Å²) >= 11 is 1.80. The van der Waals surface area contributed by atoms with E-state index in [9.17, 15) is 0 Å². The van der Waals surface area contributed by atoms with Crippen molar-refractivity contribution in [3.05, 3.63) is 42.5 Å². The monoisotopic (exact) mass is 234 g/mol. The normalized spacial score (nSPS) is 9.38. The van der Waals surface area contributed by atoms with Crippen LogP contribution in [0.2, 0.25) is 0 Å². The zero-order chi connectivity index (χ0) is 12.0. The van der Waals surface area contributed by atoms with E-state index in [1.807, 2.05) is 0 Å². The fraction of sp³-hybridized carbons (Fsp3) is 0.154. The molecule has 0 aliphatic rings. The third-order valence-electron chi connectivity index (χ3n) is 1.97.